The van der Waals surface area contributed by atoms with Crippen LogP contribution in [0.3, 0.4) is 0 Å². The Morgan fingerprint density at radius 2 is 1.89 bits per heavy atom. The summed E-state index contributed by atoms with van der Waals surface area (Å²) >= 11 is 6.02. The van der Waals surface area contributed by atoms with E-state index in [1.165, 1.54) is 5.56 Å². The molecule has 0 saturated carbocycles. The van der Waals surface area contributed by atoms with Crippen molar-refractivity contribution >= 4 is 11.6 Å². The predicted octanol–water partition coefficient (Wildman–Crippen LogP) is 4.40. The van der Waals surface area contributed by atoms with E-state index in [-0.39, 0.29) is 5.41 Å². The zero-order chi connectivity index (χ0) is 13.3. The van der Waals surface area contributed by atoms with Crippen LogP contribution in [0.2, 0.25) is 5.15 Å². The molecule has 0 unspecified atom stereocenters. The Morgan fingerprint density at radius 3 is 2.56 bits per heavy atom. The molecule has 1 heterocycles. The van der Waals surface area contributed by atoms with Gasteiger partial charge in [-0.25, -0.2) is 0 Å². The molecule has 0 spiro atoms. The predicted molar refractivity (Wildman–Crippen MR) is 75.9 cm³/mol. The largest absolute Gasteiger partial charge is 0.157 e. The molecule has 0 saturated heterocycles. The number of aromatic nitrogens is 2. The Kier molecular flexibility index (Phi) is 3.40. The minimum absolute atomic E-state index is 0.133. The van der Waals surface area contributed by atoms with Gasteiger partial charge in [0.05, 0.1) is 6.20 Å². The second kappa shape index (κ2) is 4.69. The van der Waals surface area contributed by atoms with Crippen LogP contribution in [0.25, 0.3) is 11.1 Å². The number of hydrogen-bond acceptors (Lipinski definition) is 2. The zero-order valence-corrected chi connectivity index (χ0v) is 11.9. The molecule has 0 radical (unpaired) electrons. The maximum Gasteiger partial charge on any atom is 0.155 e. The molecule has 0 aliphatic carbocycles. The summed E-state index contributed by atoms with van der Waals surface area (Å²) in [7, 11) is 0. The molecule has 0 aliphatic rings. The molecule has 0 atom stereocenters. The van der Waals surface area contributed by atoms with E-state index in [2.05, 4.69) is 55.2 Å². The van der Waals surface area contributed by atoms with Crippen LogP contribution < -0.4 is 0 Å². The summed E-state index contributed by atoms with van der Waals surface area (Å²) in [4.78, 5) is 0. The third-order valence-electron chi connectivity index (χ3n) is 3.09. The second-order valence-electron chi connectivity index (χ2n) is 5.50. The number of benzene rings is 1. The minimum Gasteiger partial charge on any atom is -0.157 e. The first-order valence-corrected chi connectivity index (χ1v) is 6.36. The molecule has 2 aromatic rings. The first kappa shape index (κ1) is 13.0. The topological polar surface area (TPSA) is 25.8 Å². The quantitative estimate of drug-likeness (QED) is 0.759. The van der Waals surface area contributed by atoms with Gasteiger partial charge in [-0.05, 0) is 29.0 Å². The number of halogens is 1. The van der Waals surface area contributed by atoms with Gasteiger partial charge in [-0.2, -0.15) is 5.10 Å². The summed E-state index contributed by atoms with van der Waals surface area (Å²) < 4.78 is 0. The summed E-state index contributed by atoms with van der Waals surface area (Å²) in [5.41, 5.74) is 4.58. The van der Waals surface area contributed by atoms with Gasteiger partial charge in [-0.3, -0.25) is 0 Å². The molecule has 0 bridgehead atoms. The fraction of sp³-hybridized carbons (Fsp3) is 0.333. The molecule has 2 nitrogen and oxygen atoms in total. The van der Waals surface area contributed by atoms with E-state index in [1.54, 1.807) is 6.20 Å². The van der Waals surface area contributed by atoms with Crippen LogP contribution in [0.1, 0.15) is 31.9 Å². The van der Waals surface area contributed by atoms with Crippen LogP contribution in [0.4, 0.5) is 0 Å². The average Bonchev–Trinajstić information content (AvgIpc) is 2.32. The van der Waals surface area contributed by atoms with Gasteiger partial charge >= 0.3 is 0 Å². The maximum atomic E-state index is 6.02. The van der Waals surface area contributed by atoms with Gasteiger partial charge in [0.15, 0.2) is 5.15 Å². The lowest BCUT2D eigenvalue weighted by atomic mass is 9.85. The number of rotatable bonds is 1. The Labute approximate surface area is 113 Å². The lowest BCUT2D eigenvalue weighted by Gasteiger charge is -2.20. The van der Waals surface area contributed by atoms with Crippen LogP contribution in [-0.4, -0.2) is 10.2 Å². The SMILES string of the molecule is Cc1c(-c2cccc(C(C)(C)C)c2)cnnc1Cl. The first-order chi connectivity index (χ1) is 8.39. The van der Waals surface area contributed by atoms with Crippen molar-refractivity contribution in [3.05, 3.63) is 46.7 Å². The molecule has 0 amide bonds. The van der Waals surface area contributed by atoms with Crippen LogP contribution in [0.5, 0.6) is 0 Å². The van der Waals surface area contributed by atoms with Crippen molar-refractivity contribution in [2.75, 3.05) is 0 Å². The summed E-state index contributed by atoms with van der Waals surface area (Å²) in [6.07, 6.45) is 1.77. The molecule has 0 aliphatic heterocycles. The molecule has 1 aromatic carbocycles. The van der Waals surface area contributed by atoms with E-state index in [9.17, 15) is 0 Å². The van der Waals surface area contributed by atoms with Crippen molar-refractivity contribution in [1.82, 2.24) is 10.2 Å². The van der Waals surface area contributed by atoms with Gasteiger partial charge in [-0.1, -0.05) is 56.6 Å². The molecule has 2 rings (SSSR count). The smallest absolute Gasteiger partial charge is 0.155 e. The van der Waals surface area contributed by atoms with Crippen LogP contribution >= 0.6 is 11.6 Å². The van der Waals surface area contributed by atoms with Crippen molar-refractivity contribution in [3.8, 4) is 11.1 Å². The van der Waals surface area contributed by atoms with E-state index in [0.717, 1.165) is 16.7 Å². The fourth-order valence-electron chi connectivity index (χ4n) is 1.86. The number of nitrogens with zero attached hydrogens (tertiary/aromatic N) is 2. The Morgan fingerprint density at radius 1 is 1.17 bits per heavy atom. The van der Waals surface area contributed by atoms with E-state index < -0.39 is 0 Å². The van der Waals surface area contributed by atoms with Crippen molar-refractivity contribution in [3.63, 3.8) is 0 Å². The fourth-order valence-corrected chi connectivity index (χ4v) is 2.01. The standard InChI is InChI=1S/C15H17ClN2/c1-10-13(9-17-18-14(10)16)11-6-5-7-12(8-11)15(2,3)4/h5-9H,1-4H3. The van der Waals surface area contributed by atoms with Crippen LogP contribution in [-0.2, 0) is 5.41 Å². The monoisotopic (exact) mass is 260 g/mol. The third-order valence-corrected chi connectivity index (χ3v) is 3.44. The zero-order valence-electron chi connectivity index (χ0n) is 11.2. The number of hydrogen-bond donors (Lipinski definition) is 0. The van der Waals surface area contributed by atoms with Crippen molar-refractivity contribution < 1.29 is 0 Å². The second-order valence-corrected chi connectivity index (χ2v) is 5.86. The van der Waals surface area contributed by atoms with Gasteiger partial charge in [0.2, 0.25) is 0 Å². The van der Waals surface area contributed by atoms with Gasteiger partial charge in [0, 0.05) is 5.56 Å². The van der Waals surface area contributed by atoms with Crippen LogP contribution in [0, 0.1) is 6.92 Å². The van der Waals surface area contributed by atoms with E-state index in [1.807, 2.05) is 6.92 Å². The molecule has 3 heteroatoms. The molecule has 1 aromatic heterocycles. The Bertz CT molecular complexity index is 571. The minimum atomic E-state index is 0.133. The van der Waals surface area contributed by atoms with Crippen molar-refractivity contribution in [2.45, 2.75) is 33.1 Å². The van der Waals surface area contributed by atoms with E-state index in [4.69, 9.17) is 11.6 Å². The van der Waals surface area contributed by atoms with E-state index in [0.29, 0.717) is 5.15 Å². The van der Waals surface area contributed by atoms with Crippen molar-refractivity contribution in [2.24, 2.45) is 0 Å². The highest BCUT2D eigenvalue weighted by atomic mass is 35.5. The van der Waals surface area contributed by atoms with E-state index >= 15 is 0 Å². The molecule has 0 N–H and O–H groups in total. The van der Waals surface area contributed by atoms with Gasteiger partial charge in [0.1, 0.15) is 0 Å². The lowest BCUT2D eigenvalue weighted by molar-refractivity contribution is 0.590. The highest BCUT2D eigenvalue weighted by molar-refractivity contribution is 6.30. The normalized spacial score (nSPS) is 11.6. The van der Waals surface area contributed by atoms with Crippen molar-refractivity contribution in [1.29, 1.82) is 0 Å². The average molecular weight is 261 g/mol. The molecule has 0 fully saturated rings. The first-order valence-electron chi connectivity index (χ1n) is 5.98. The lowest BCUT2D eigenvalue weighted by Crippen LogP contribution is -2.10. The van der Waals surface area contributed by atoms with Crippen LogP contribution in [0.15, 0.2) is 30.5 Å². The summed E-state index contributed by atoms with van der Waals surface area (Å²) in [6, 6.07) is 8.49. The van der Waals surface area contributed by atoms with Gasteiger partial charge in [-0.15, -0.1) is 5.10 Å². The highest BCUT2D eigenvalue weighted by Gasteiger charge is 2.15. The third kappa shape index (κ3) is 2.54. The highest BCUT2D eigenvalue weighted by Crippen LogP contribution is 2.30. The summed E-state index contributed by atoms with van der Waals surface area (Å²) in [6.45, 7) is 8.58. The molecular weight excluding hydrogens is 244 g/mol. The van der Waals surface area contributed by atoms with Gasteiger partial charge < -0.3 is 0 Å². The molecule has 94 valence electrons. The Hall–Kier alpha value is -1.41. The maximum absolute atomic E-state index is 6.02. The summed E-state index contributed by atoms with van der Waals surface area (Å²) in [5, 5.41) is 8.25. The summed E-state index contributed by atoms with van der Waals surface area (Å²) in [5.74, 6) is 0. The Balaban J connectivity index is 2.55. The molecule has 18 heavy (non-hydrogen) atoms. The molecular formula is C15H17ClN2. The van der Waals surface area contributed by atoms with Gasteiger partial charge in [0.25, 0.3) is 0 Å².